The second-order valence-electron chi connectivity index (χ2n) is 4.28. The third kappa shape index (κ3) is 4.01. The van der Waals surface area contributed by atoms with Crippen molar-refractivity contribution in [2.24, 2.45) is 0 Å². The lowest BCUT2D eigenvalue weighted by molar-refractivity contribution is -0.137. The number of anilines is 3. The molecule has 1 heterocycles. The Morgan fingerprint density at radius 2 is 1.95 bits per heavy atom. The molecule has 1 aromatic carbocycles. The fraction of sp³-hybridized carbons (Fsp3) is 0.214. The number of nitrogens with one attached hydrogen (secondary N) is 2. The molecule has 2 aromatic rings. The van der Waals surface area contributed by atoms with Gasteiger partial charge in [-0.1, -0.05) is 11.6 Å². The molecule has 0 atom stereocenters. The molecule has 21 heavy (non-hydrogen) atoms. The molecule has 7 heteroatoms. The molecular formula is C14H13ClF3N3. The Labute approximate surface area is 125 Å². The topological polar surface area (TPSA) is 37.0 Å². The summed E-state index contributed by atoms with van der Waals surface area (Å²) < 4.78 is 37.7. The first-order valence-electron chi connectivity index (χ1n) is 6.24. The van der Waals surface area contributed by atoms with Crippen molar-refractivity contribution >= 4 is 28.8 Å². The molecule has 0 amide bonds. The monoisotopic (exact) mass is 315 g/mol. The fourth-order valence-corrected chi connectivity index (χ4v) is 1.96. The molecule has 0 saturated heterocycles. The summed E-state index contributed by atoms with van der Waals surface area (Å²) in [6, 6.07) is 6.64. The van der Waals surface area contributed by atoms with Crippen molar-refractivity contribution < 1.29 is 13.2 Å². The van der Waals surface area contributed by atoms with Crippen molar-refractivity contribution in [1.29, 1.82) is 0 Å². The summed E-state index contributed by atoms with van der Waals surface area (Å²) in [7, 11) is 0. The third-order valence-corrected chi connectivity index (χ3v) is 3.01. The molecule has 2 rings (SSSR count). The van der Waals surface area contributed by atoms with Crippen molar-refractivity contribution in [2.45, 2.75) is 13.1 Å². The predicted octanol–water partition coefficient (Wildman–Crippen LogP) is 4.93. The Morgan fingerprint density at radius 3 is 2.57 bits per heavy atom. The first-order chi connectivity index (χ1) is 9.90. The molecule has 1 aromatic heterocycles. The fourth-order valence-electron chi connectivity index (χ4n) is 1.73. The van der Waals surface area contributed by atoms with E-state index in [4.69, 9.17) is 11.6 Å². The molecule has 0 saturated carbocycles. The highest BCUT2D eigenvalue weighted by Gasteiger charge is 2.30. The van der Waals surface area contributed by atoms with Gasteiger partial charge in [-0.2, -0.15) is 13.2 Å². The molecule has 112 valence electrons. The van der Waals surface area contributed by atoms with Crippen LogP contribution in [0.4, 0.5) is 30.4 Å². The highest BCUT2D eigenvalue weighted by Crippen LogP contribution is 2.34. The van der Waals surface area contributed by atoms with Gasteiger partial charge in [-0.25, -0.2) is 4.98 Å². The quantitative estimate of drug-likeness (QED) is 0.840. The summed E-state index contributed by atoms with van der Waals surface area (Å²) in [4.78, 5) is 4.11. The van der Waals surface area contributed by atoms with Crippen molar-refractivity contribution in [1.82, 2.24) is 4.98 Å². The molecule has 0 aliphatic rings. The van der Waals surface area contributed by atoms with Gasteiger partial charge in [0.15, 0.2) is 0 Å². The van der Waals surface area contributed by atoms with E-state index in [2.05, 4.69) is 15.6 Å². The Morgan fingerprint density at radius 1 is 1.19 bits per heavy atom. The number of halogens is 4. The Balaban J connectivity index is 2.22. The van der Waals surface area contributed by atoms with E-state index >= 15 is 0 Å². The van der Waals surface area contributed by atoms with Crippen LogP contribution in [0.15, 0.2) is 36.5 Å². The van der Waals surface area contributed by atoms with Crippen molar-refractivity contribution in [3.05, 3.63) is 47.1 Å². The average molecular weight is 316 g/mol. The number of pyridine rings is 1. The van der Waals surface area contributed by atoms with E-state index in [1.807, 2.05) is 6.92 Å². The molecule has 3 nitrogen and oxygen atoms in total. The minimum atomic E-state index is -4.41. The van der Waals surface area contributed by atoms with E-state index in [9.17, 15) is 13.2 Å². The molecule has 0 spiro atoms. The number of nitrogens with zero attached hydrogens (tertiary/aromatic N) is 1. The smallest absolute Gasteiger partial charge is 0.370 e. The Bertz CT molecular complexity index is 629. The number of hydrogen-bond acceptors (Lipinski definition) is 3. The van der Waals surface area contributed by atoms with Gasteiger partial charge in [0.2, 0.25) is 0 Å². The minimum Gasteiger partial charge on any atom is -0.370 e. The van der Waals surface area contributed by atoms with Crippen LogP contribution in [-0.2, 0) is 6.18 Å². The lowest BCUT2D eigenvalue weighted by atomic mass is 10.2. The van der Waals surface area contributed by atoms with Crippen molar-refractivity contribution in [3.63, 3.8) is 0 Å². The van der Waals surface area contributed by atoms with Crippen LogP contribution < -0.4 is 10.6 Å². The lowest BCUT2D eigenvalue weighted by Gasteiger charge is -2.12. The van der Waals surface area contributed by atoms with Crippen LogP contribution >= 0.6 is 11.6 Å². The van der Waals surface area contributed by atoms with Crippen molar-refractivity contribution in [3.8, 4) is 0 Å². The highest BCUT2D eigenvalue weighted by atomic mass is 35.5. The number of alkyl halides is 3. The standard InChI is InChI=1S/C14H13ClF3N3/c1-2-19-13-8-10(5-6-20-13)21-12-4-3-9(7-11(12)15)14(16,17)18/h3-8H,2H2,1H3,(H2,19,20,21). The first kappa shape index (κ1) is 15.4. The zero-order valence-electron chi connectivity index (χ0n) is 11.1. The summed E-state index contributed by atoms with van der Waals surface area (Å²) in [5.41, 5.74) is 0.307. The minimum absolute atomic E-state index is 0.00615. The molecule has 0 bridgehead atoms. The van der Waals surface area contributed by atoms with Crippen LogP contribution in [-0.4, -0.2) is 11.5 Å². The zero-order chi connectivity index (χ0) is 15.5. The van der Waals surface area contributed by atoms with Crippen molar-refractivity contribution in [2.75, 3.05) is 17.2 Å². The zero-order valence-corrected chi connectivity index (χ0v) is 11.9. The molecule has 0 radical (unpaired) electrons. The van der Waals surface area contributed by atoms with Gasteiger partial charge in [-0.15, -0.1) is 0 Å². The lowest BCUT2D eigenvalue weighted by Crippen LogP contribution is -2.05. The second kappa shape index (κ2) is 6.22. The van der Waals surface area contributed by atoms with Gasteiger partial charge in [0, 0.05) is 24.5 Å². The Hall–Kier alpha value is -1.95. The van der Waals surface area contributed by atoms with Gasteiger partial charge in [0.25, 0.3) is 0 Å². The second-order valence-corrected chi connectivity index (χ2v) is 4.68. The third-order valence-electron chi connectivity index (χ3n) is 2.69. The van der Waals surface area contributed by atoms with E-state index in [0.717, 1.165) is 18.7 Å². The van der Waals surface area contributed by atoms with Gasteiger partial charge in [-0.3, -0.25) is 0 Å². The van der Waals surface area contributed by atoms with Gasteiger partial charge in [0.05, 0.1) is 16.3 Å². The highest BCUT2D eigenvalue weighted by molar-refractivity contribution is 6.33. The van der Waals surface area contributed by atoms with Crippen LogP contribution in [0.5, 0.6) is 0 Å². The molecule has 0 unspecified atom stereocenters. The summed E-state index contributed by atoms with van der Waals surface area (Å²) in [6.45, 7) is 2.66. The summed E-state index contributed by atoms with van der Waals surface area (Å²) >= 11 is 5.89. The predicted molar refractivity (Wildman–Crippen MR) is 78.1 cm³/mol. The van der Waals surface area contributed by atoms with Gasteiger partial charge >= 0.3 is 6.18 Å². The van der Waals surface area contributed by atoms with Crippen LogP contribution in [0.3, 0.4) is 0 Å². The SMILES string of the molecule is CCNc1cc(Nc2ccc(C(F)(F)F)cc2Cl)ccn1. The van der Waals surface area contributed by atoms with E-state index in [1.165, 1.54) is 6.07 Å². The Kier molecular flexibility index (Phi) is 4.57. The molecule has 0 fully saturated rings. The largest absolute Gasteiger partial charge is 0.416 e. The summed E-state index contributed by atoms with van der Waals surface area (Å²) in [5.74, 6) is 0.672. The van der Waals surface area contributed by atoms with Gasteiger partial charge in [-0.05, 0) is 31.2 Å². The number of hydrogen-bond donors (Lipinski definition) is 2. The maximum absolute atomic E-state index is 12.6. The van der Waals surface area contributed by atoms with Crippen LogP contribution in [0.25, 0.3) is 0 Å². The molecule has 0 aliphatic carbocycles. The molecular weight excluding hydrogens is 303 g/mol. The molecule has 0 aliphatic heterocycles. The molecule has 2 N–H and O–H groups in total. The maximum Gasteiger partial charge on any atom is 0.416 e. The van der Waals surface area contributed by atoms with E-state index in [1.54, 1.807) is 18.3 Å². The first-order valence-corrected chi connectivity index (χ1v) is 6.61. The number of aromatic nitrogens is 1. The van der Waals surface area contributed by atoms with E-state index < -0.39 is 11.7 Å². The summed E-state index contributed by atoms with van der Waals surface area (Å²) in [5, 5.41) is 6.02. The maximum atomic E-state index is 12.6. The van der Waals surface area contributed by atoms with E-state index in [-0.39, 0.29) is 5.02 Å². The van der Waals surface area contributed by atoms with Crippen LogP contribution in [0.1, 0.15) is 12.5 Å². The van der Waals surface area contributed by atoms with Crippen LogP contribution in [0, 0.1) is 0 Å². The number of rotatable bonds is 4. The van der Waals surface area contributed by atoms with E-state index in [0.29, 0.717) is 17.2 Å². The normalized spacial score (nSPS) is 11.3. The number of benzene rings is 1. The van der Waals surface area contributed by atoms with Gasteiger partial charge < -0.3 is 10.6 Å². The summed E-state index contributed by atoms with van der Waals surface area (Å²) in [6.07, 6.45) is -2.81. The van der Waals surface area contributed by atoms with Gasteiger partial charge in [0.1, 0.15) is 5.82 Å². The van der Waals surface area contributed by atoms with Crippen LogP contribution in [0.2, 0.25) is 5.02 Å². The average Bonchev–Trinajstić information content (AvgIpc) is 2.41.